The average Bonchev–Trinajstić information content (AvgIpc) is 2.79. The first kappa shape index (κ1) is 22.0. The predicted octanol–water partition coefficient (Wildman–Crippen LogP) is 4.94. The number of rotatable bonds is 5. The van der Waals surface area contributed by atoms with Gasteiger partial charge in [0.2, 0.25) is 0 Å². The fourth-order valence-corrected chi connectivity index (χ4v) is 5.72. The fourth-order valence-electron chi connectivity index (χ4n) is 4.20. The fraction of sp³-hybridized carbons (Fsp3) is 0.240. The van der Waals surface area contributed by atoms with Gasteiger partial charge in [0.15, 0.2) is 0 Å². The monoisotopic (exact) mass is 452 g/mol. The zero-order chi connectivity index (χ0) is 22.9. The molecule has 1 aliphatic rings. The smallest absolute Gasteiger partial charge is 0.264 e. The second-order valence-corrected chi connectivity index (χ2v) is 9.71. The molecule has 0 spiro atoms. The summed E-state index contributed by atoms with van der Waals surface area (Å²) in [5.41, 5.74) is 2.66. The summed E-state index contributed by atoms with van der Waals surface area (Å²) in [6.07, 6.45) is 1.42. The van der Waals surface area contributed by atoms with Crippen molar-refractivity contribution in [1.82, 2.24) is 0 Å². The topological polar surface area (TPSA) is 57.7 Å². The highest BCUT2D eigenvalue weighted by Gasteiger charge is 2.29. The zero-order valence-corrected chi connectivity index (χ0v) is 18.9. The van der Waals surface area contributed by atoms with E-state index in [0.717, 1.165) is 17.5 Å². The number of hydrogen-bond donors (Lipinski definition) is 0. The summed E-state index contributed by atoms with van der Waals surface area (Å²) in [7, 11) is -3.88. The van der Waals surface area contributed by atoms with E-state index < -0.39 is 21.7 Å². The number of benzene rings is 3. The van der Waals surface area contributed by atoms with Crippen molar-refractivity contribution in [2.45, 2.75) is 31.6 Å². The Labute approximate surface area is 188 Å². The average molecular weight is 453 g/mol. The second-order valence-electron chi connectivity index (χ2n) is 7.85. The molecule has 3 aromatic rings. The lowest BCUT2D eigenvalue weighted by Crippen LogP contribution is -2.36. The molecule has 0 aliphatic carbocycles. The Morgan fingerprint density at radius 1 is 1.06 bits per heavy atom. The summed E-state index contributed by atoms with van der Waals surface area (Å²) in [5, 5.41) is 0. The zero-order valence-electron chi connectivity index (χ0n) is 18.1. The van der Waals surface area contributed by atoms with Crippen LogP contribution in [0.4, 0.5) is 15.8 Å². The van der Waals surface area contributed by atoms with Gasteiger partial charge in [0, 0.05) is 18.7 Å². The molecule has 0 atom stereocenters. The van der Waals surface area contributed by atoms with Gasteiger partial charge in [0.1, 0.15) is 5.82 Å². The van der Waals surface area contributed by atoms with E-state index in [0.29, 0.717) is 24.3 Å². The summed E-state index contributed by atoms with van der Waals surface area (Å²) < 4.78 is 42.8. The van der Waals surface area contributed by atoms with Gasteiger partial charge >= 0.3 is 0 Å². The summed E-state index contributed by atoms with van der Waals surface area (Å²) in [6.45, 7) is 4.21. The van der Waals surface area contributed by atoms with Crippen molar-refractivity contribution in [2.75, 3.05) is 22.3 Å². The van der Waals surface area contributed by atoms with Crippen LogP contribution in [-0.4, -0.2) is 27.4 Å². The van der Waals surface area contributed by atoms with E-state index in [-0.39, 0.29) is 17.0 Å². The summed E-state index contributed by atoms with van der Waals surface area (Å²) in [6, 6.07) is 18.1. The Bertz CT molecular complexity index is 1260. The van der Waals surface area contributed by atoms with Gasteiger partial charge in [-0.2, -0.15) is 0 Å². The van der Waals surface area contributed by atoms with Gasteiger partial charge in [-0.1, -0.05) is 30.3 Å². The molecule has 0 N–H and O–H groups in total. The Morgan fingerprint density at radius 3 is 2.53 bits per heavy atom. The third-order valence-corrected chi connectivity index (χ3v) is 7.53. The maximum absolute atomic E-state index is 14.8. The number of nitrogens with zero attached hydrogens (tertiary/aromatic N) is 2. The molecule has 1 aliphatic heterocycles. The molecule has 5 nitrogen and oxygen atoms in total. The van der Waals surface area contributed by atoms with E-state index in [1.807, 2.05) is 19.1 Å². The van der Waals surface area contributed by atoms with Crippen LogP contribution in [-0.2, 0) is 16.4 Å². The van der Waals surface area contributed by atoms with Crippen LogP contribution < -0.4 is 9.21 Å². The van der Waals surface area contributed by atoms with Crippen LogP contribution in [0, 0.1) is 12.7 Å². The molecule has 7 heteroatoms. The number of hydrogen-bond acceptors (Lipinski definition) is 3. The lowest BCUT2D eigenvalue weighted by molar-refractivity contribution is 0.0984. The number of aryl methyl sites for hydroxylation is 2. The Hall–Kier alpha value is -3.19. The summed E-state index contributed by atoms with van der Waals surface area (Å²) >= 11 is 0. The normalized spacial score (nSPS) is 13.5. The third-order valence-electron chi connectivity index (χ3n) is 5.63. The number of carbonyl (C=O) groups is 1. The molecular weight excluding hydrogens is 427 g/mol. The van der Waals surface area contributed by atoms with Crippen LogP contribution in [0.2, 0.25) is 0 Å². The highest BCUT2D eigenvalue weighted by atomic mass is 32.2. The van der Waals surface area contributed by atoms with E-state index in [4.69, 9.17) is 0 Å². The molecule has 0 unspecified atom stereocenters. The molecule has 32 heavy (non-hydrogen) atoms. The van der Waals surface area contributed by atoms with E-state index in [2.05, 4.69) is 0 Å². The minimum atomic E-state index is -3.88. The molecule has 166 valence electrons. The Balaban J connectivity index is 1.71. The van der Waals surface area contributed by atoms with E-state index >= 15 is 0 Å². The lowest BCUT2D eigenvalue weighted by Gasteiger charge is -2.30. The molecule has 1 amide bonds. The molecule has 1 heterocycles. The predicted molar refractivity (Wildman–Crippen MR) is 124 cm³/mol. The van der Waals surface area contributed by atoms with Crippen molar-refractivity contribution in [3.05, 3.63) is 89.2 Å². The minimum absolute atomic E-state index is 0.0238. The maximum atomic E-state index is 14.8. The molecule has 0 bridgehead atoms. The molecule has 0 radical (unpaired) electrons. The number of para-hydroxylation sites is 1. The summed E-state index contributed by atoms with van der Waals surface area (Å²) in [5.74, 6) is -0.841. The van der Waals surface area contributed by atoms with Crippen LogP contribution in [0.1, 0.15) is 34.8 Å². The lowest BCUT2D eigenvalue weighted by atomic mass is 9.98. The van der Waals surface area contributed by atoms with Gasteiger partial charge in [-0.3, -0.25) is 9.10 Å². The quantitative estimate of drug-likeness (QED) is 0.551. The number of fused-ring (bicyclic) bond motifs is 1. The Morgan fingerprint density at radius 2 is 1.81 bits per heavy atom. The van der Waals surface area contributed by atoms with Crippen LogP contribution in [0.15, 0.2) is 71.6 Å². The van der Waals surface area contributed by atoms with Gasteiger partial charge in [0.05, 0.1) is 16.3 Å². The van der Waals surface area contributed by atoms with Gasteiger partial charge in [-0.05, 0) is 74.2 Å². The third kappa shape index (κ3) is 4.00. The highest BCUT2D eigenvalue weighted by molar-refractivity contribution is 7.92. The van der Waals surface area contributed by atoms with Gasteiger partial charge in [0.25, 0.3) is 15.9 Å². The van der Waals surface area contributed by atoms with Crippen LogP contribution >= 0.6 is 0 Å². The molecule has 0 fully saturated rings. The molecule has 3 aromatic carbocycles. The molecular formula is C25H25FN2O3S. The van der Waals surface area contributed by atoms with E-state index in [1.54, 1.807) is 43.3 Å². The maximum Gasteiger partial charge on any atom is 0.264 e. The molecule has 0 aromatic heterocycles. The summed E-state index contributed by atoms with van der Waals surface area (Å²) in [4.78, 5) is 14.8. The van der Waals surface area contributed by atoms with Crippen molar-refractivity contribution >= 4 is 27.3 Å². The number of carbonyl (C=O) groups excluding carboxylic acids is 1. The molecule has 4 rings (SSSR count). The minimum Gasteiger partial charge on any atom is -0.305 e. The van der Waals surface area contributed by atoms with Crippen molar-refractivity contribution in [1.29, 1.82) is 0 Å². The number of halogens is 1. The number of sulfonamides is 1. The van der Waals surface area contributed by atoms with Crippen molar-refractivity contribution in [3.8, 4) is 0 Å². The van der Waals surface area contributed by atoms with Crippen molar-refractivity contribution in [2.24, 2.45) is 0 Å². The first-order valence-corrected chi connectivity index (χ1v) is 12.1. The first-order valence-electron chi connectivity index (χ1n) is 10.6. The van der Waals surface area contributed by atoms with Gasteiger partial charge in [-0.25, -0.2) is 12.8 Å². The van der Waals surface area contributed by atoms with Crippen LogP contribution in [0.3, 0.4) is 0 Å². The first-order chi connectivity index (χ1) is 15.3. The molecule has 0 saturated heterocycles. The van der Waals surface area contributed by atoms with Crippen molar-refractivity contribution < 1.29 is 17.6 Å². The van der Waals surface area contributed by atoms with Gasteiger partial charge in [-0.15, -0.1) is 0 Å². The van der Waals surface area contributed by atoms with E-state index in [1.165, 1.54) is 27.4 Å². The SMILES string of the molecule is CCN(c1ccccc1)S(=O)(=O)c1cccc(C(=O)N2CCCc3cc(C)cc(F)c32)c1. The van der Waals surface area contributed by atoms with Crippen LogP contribution in [0.5, 0.6) is 0 Å². The Kier molecular flexibility index (Phi) is 6.02. The highest BCUT2D eigenvalue weighted by Crippen LogP contribution is 2.33. The number of amides is 1. The van der Waals surface area contributed by atoms with Gasteiger partial charge < -0.3 is 4.90 Å². The second kappa shape index (κ2) is 8.74. The molecule has 0 saturated carbocycles. The van der Waals surface area contributed by atoms with Crippen molar-refractivity contribution in [3.63, 3.8) is 0 Å². The largest absolute Gasteiger partial charge is 0.305 e. The van der Waals surface area contributed by atoms with Crippen LogP contribution in [0.25, 0.3) is 0 Å². The standard InChI is InChI=1S/C25H25FN2O3S/c1-3-28(21-11-5-4-6-12-21)32(30,31)22-13-7-9-20(17-22)25(29)27-14-8-10-19-15-18(2)16-23(26)24(19)27/h4-7,9,11-13,15-17H,3,8,10,14H2,1-2H3. The number of anilines is 2. The van der Waals surface area contributed by atoms with E-state index in [9.17, 15) is 17.6 Å².